The Bertz CT molecular complexity index is 463. The monoisotopic (exact) mass is 383 g/mol. The molecule has 0 radical (unpaired) electrons. The average Bonchev–Trinajstić information content (AvgIpc) is 2.24. The molecule has 0 aromatic rings. The van der Waals surface area contributed by atoms with Crippen LogP contribution in [-0.2, 0) is 0 Å². The fourth-order valence-electron chi connectivity index (χ4n) is 0.945. The van der Waals surface area contributed by atoms with Crippen LogP contribution < -0.4 is 0 Å². The van der Waals surface area contributed by atoms with Crippen LogP contribution >= 0.6 is 0 Å². The Morgan fingerprint density at radius 2 is 0.870 bits per heavy atom. The SMILES string of the molecule is FC(F)=C(F)N(C(F)(F)C(F)(F)F)C(F)(F)C(F)(F)C(F)(F)F. The summed E-state index contributed by atoms with van der Waals surface area (Å²) in [5.74, 6) is -12.4. The highest BCUT2D eigenvalue weighted by atomic mass is 19.4. The third-order valence-electron chi connectivity index (χ3n) is 1.99. The maximum atomic E-state index is 12.9. The lowest BCUT2D eigenvalue weighted by Gasteiger charge is -2.40. The molecule has 0 aliphatic rings. The molecule has 0 spiro atoms. The lowest BCUT2D eigenvalue weighted by molar-refractivity contribution is -0.443. The van der Waals surface area contributed by atoms with Crippen molar-refractivity contribution in [1.29, 1.82) is 0 Å². The van der Waals surface area contributed by atoms with Gasteiger partial charge in [0, 0.05) is 0 Å². The van der Waals surface area contributed by atoms with Crippen LogP contribution in [0.25, 0.3) is 0 Å². The molecule has 0 rings (SSSR count). The zero-order valence-corrected chi connectivity index (χ0v) is 9.62. The van der Waals surface area contributed by atoms with Crippen LogP contribution in [-0.4, -0.2) is 35.3 Å². The van der Waals surface area contributed by atoms with E-state index in [0.29, 0.717) is 0 Å². The highest BCUT2D eigenvalue weighted by Crippen LogP contribution is 2.54. The molecule has 0 aliphatic carbocycles. The first-order valence-corrected chi connectivity index (χ1v) is 4.51. The normalized spacial score (nSPS) is 14.7. The van der Waals surface area contributed by atoms with Crippen molar-refractivity contribution < 1.29 is 65.9 Å². The van der Waals surface area contributed by atoms with Gasteiger partial charge in [-0.05, 0) is 0 Å². The first kappa shape index (κ1) is 21.5. The summed E-state index contributed by atoms with van der Waals surface area (Å²) in [6.07, 6.45) is -19.3. The number of nitrogens with zero attached hydrogens (tertiary/aromatic N) is 1. The summed E-state index contributed by atoms with van der Waals surface area (Å²) >= 11 is 0. The Morgan fingerprint density at radius 3 is 1.09 bits per heavy atom. The topological polar surface area (TPSA) is 3.24 Å². The Labute approximate surface area is 114 Å². The molecule has 0 heterocycles. The minimum Gasteiger partial charge on any atom is -0.210 e. The molecule has 0 aromatic carbocycles. The molecule has 0 saturated carbocycles. The molecule has 0 saturated heterocycles. The second-order valence-electron chi connectivity index (χ2n) is 3.54. The number of hydrogen-bond donors (Lipinski definition) is 0. The minimum absolute atomic E-state index is 3.97. The predicted octanol–water partition coefficient (Wildman–Crippen LogP) is 5.27. The average molecular weight is 383 g/mol. The van der Waals surface area contributed by atoms with E-state index in [2.05, 4.69) is 0 Å². The smallest absolute Gasteiger partial charge is 0.210 e. The highest BCUT2D eigenvalue weighted by Gasteiger charge is 2.82. The van der Waals surface area contributed by atoms with Gasteiger partial charge in [-0.2, -0.15) is 65.9 Å². The van der Waals surface area contributed by atoms with Crippen molar-refractivity contribution in [2.75, 3.05) is 0 Å². The molecule has 16 heteroatoms. The lowest BCUT2D eigenvalue weighted by Crippen LogP contribution is -2.67. The summed E-state index contributed by atoms with van der Waals surface area (Å²) in [4.78, 5) is -3.97. The fraction of sp³-hybridized carbons (Fsp3) is 0.714. The van der Waals surface area contributed by atoms with Crippen LogP contribution in [0.1, 0.15) is 0 Å². The van der Waals surface area contributed by atoms with Crippen molar-refractivity contribution in [2.45, 2.75) is 30.4 Å². The van der Waals surface area contributed by atoms with E-state index < -0.39 is 47.3 Å². The van der Waals surface area contributed by atoms with Gasteiger partial charge in [-0.3, -0.25) is 0 Å². The van der Waals surface area contributed by atoms with Gasteiger partial charge in [0.2, 0.25) is 0 Å². The summed E-state index contributed by atoms with van der Waals surface area (Å²) in [5.41, 5.74) is 0. The van der Waals surface area contributed by atoms with Crippen LogP contribution in [0.5, 0.6) is 0 Å². The quantitative estimate of drug-likeness (QED) is 0.473. The fourth-order valence-corrected chi connectivity index (χ4v) is 0.945. The molecular formula is C7F15N. The standard InChI is InChI=1S/C7F15N/c8-1(9)2(10)23(7(21,22)5(16,17)18)6(19,20)3(11,12)4(13,14)15. The molecule has 0 atom stereocenters. The Hall–Kier alpha value is -1.51. The predicted molar refractivity (Wildman–Crippen MR) is 39.1 cm³/mol. The van der Waals surface area contributed by atoms with E-state index in [4.69, 9.17) is 0 Å². The zero-order chi connectivity index (χ0) is 19.2. The van der Waals surface area contributed by atoms with Crippen LogP contribution in [0.15, 0.2) is 12.0 Å². The van der Waals surface area contributed by atoms with Gasteiger partial charge in [-0.1, -0.05) is 0 Å². The van der Waals surface area contributed by atoms with E-state index in [0.717, 1.165) is 0 Å². The molecule has 0 fully saturated rings. The number of hydrogen-bond acceptors (Lipinski definition) is 1. The van der Waals surface area contributed by atoms with Gasteiger partial charge >= 0.3 is 36.4 Å². The molecule has 138 valence electrons. The second kappa shape index (κ2) is 5.54. The van der Waals surface area contributed by atoms with Crippen molar-refractivity contribution in [3.05, 3.63) is 12.0 Å². The molecule has 0 aromatic heterocycles. The second-order valence-corrected chi connectivity index (χ2v) is 3.54. The van der Waals surface area contributed by atoms with Gasteiger partial charge in [-0.15, -0.1) is 0 Å². The zero-order valence-electron chi connectivity index (χ0n) is 9.62. The van der Waals surface area contributed by atoms with Crippen molar-refractivity contribution in [1.82, 2.24) is 4.90 Å². The van der Waals surface area contributed by atoms with E-state index in [1.807, 2.05) is 0 Å². The third kappa shape index (κ3) is 3.39. The largest absolute Gasteiger partial charge is 0.475 e. The van der Waals surface area contributed by atoms with Gasteiger partial charge < -0.3 is 0 Å². The lowest BCUT2D eigenvalue weighted by atomic mass is 10.2. The molecule has 0 amide bonds. The van der Waals surface area contributed by atoms with Crippen LogP contribution in [0.2, 0.25) is 0 Å². The van der Waals surface area contributed by atoms with E-state index in [9.17, 15) is 65.9 Å². The number of alkyl halides is 12. The summed E-state index contributed by atoms with van der Waals surface area (Å²) in [5, 5.41) is 0. The first-order valence-electron chi connectivity index (χ1n) is 4.51. The number of halogens is 15. The van der Waals surface area contributed by atoms with Crippen molar-refractivity contribution >= 4 is 0 Å². The van der Waals surface area contributed by atoms with Gasteiger partial charge in [0.05, 0.1) is 0 Å². The summed E-state index contributed by atoms with van der Waals surface area (Å²) < 4.78 is 183. The minimum atomic E-state index is -7.77. The van der Waals surface area contributed by atoms with Crippen LogP contribution in [0.4, 0.5) is 65.9 Å². The van der Waals surface area contributed by atoms with E-state index in [1.54, 1.807) is 0 Å². The van der Waals surface area contributed by atoms with Crippen LogP contribution in [0, 0.1) is 0 Å². The van der Waals surface area contributed by atoms with E-state index in [1.165, 1.54) is 0 Å². The van der Waals surface area contributed by atoms with Gasteiger partial charge in [0.15, 0.2) is 0 Å². The molecule has 23 heavy (non-hydrogen) atoms. The Kier molecular flexibility index (Phi) is 5.17. The van der Waals surface area contributed by atoms with E-state index in [-0.39, 0.29) is 0 Å². The van der Waals surface area contributed by atoms with Crippen molar-refractivity contribution in [3.63, 3.8) is 0 Å². The molecule has 1 nitrogen and oxygen atoms in total. The molecular weight excluding hydrogens is 383 g/mol. The van der Waals surface area contributed by atoms with Crippen LogP contribution in [0.3, 0.4) is 0 Å². The summed E-state index contributed by atoms with van der Waals surface area (Å²) in [6.45, 7) is 0. The number of rotatable bonds is 4. The molecule has 0 unspecified atom stereocenters. The third-order valence-corrected chi connectivity index (χ3v) is 1.99. The summed E-state index contributed by atoms with van der Waals surface area (Å²) in [6, 6.07) is -15.3. The van der Waals surface area contributed by atoms with Gasteiger partial charge in [0.25, 0.3) is 5.95 Å². The van der Waals surface area contributed by atoms with Crippen molar-refractivity contribution in [3.8, 4) is 0 Å². The maximum Gasteiger partial charge on any atom is 0.475 e. The first-order chi connectivity index (χ1) is 9.73. The maximum absolute atomic E-state index is 12.9. The summed E-state index contributed by atoms with van der Waals surface area (Å²) in [7, 11) is 0. The molecule has 0 aliphatic heterocycles. The Morgan fingerprint density at radius 1 is 0.522 bits per heavy atom. The Balaban J connectivity index is 6.59. The molecule has 0 N–H and O–H groups in total. The molecule has 0 bridgehead atoms. The van der Waals surface area contributed by atoms with Gasteiger partial charge in [0.1, 0.15) is 0 Å². The van der Waals surface area contributed by atoms with Gasteiger partial charge in [-0.25, -0.2) is 4.90 Å². The van der Waals surface area contributed by atoms with E-state index >= 15 is 0 Å². The van der Waals surface area contributed by atoms with Crippen molar-refractivity contribution in [2.24, 2.45) is 0 Å². The highest BCUT2D eigenvalue weighted by molar-refractivity contribution is 5.05.